The van der Waals surface area contributed by atoms with Crippen LogP contribution >= 0.6 is 0 Å². The zero-order valence-electron chi connectivity index (χ0n) is 10.5. The van der Waals surface area contributed by atoms with E-state index in [1.54, 1.807) is 12.3 Å². The highest BCUT2D eigenvalue weighted by molar-refractivity contribution is 6.23. The minimum absolute atomic E-state index is 0.242. The maximum atomic E-state index is 10.2. The van der Waals surface area contributed by atoms with E-state index in [1.165, 1.54) is 10.9 Å². The molecule has 0 aliphatic rings. The highest BCUT2D eigenvalue weighted by Crippen LogP contribution is 2.39. The van der Waals surface area contributed by atoms with Crippen molar-refractivity contribution in [1.29, 1.82) is 0 Å². The van der Waals surface area contributed by atoms with Crippen molar-refractivity contribution in [3.8, 4) is 5.75 Å². The second-order valence-electron chi connectivity index (χ2n) is 5.12. The quantitative estimate of drug-likeness (QED) is 0.337. The van der Waals surface area contributed by atoms with Crippen molar-refractivity contribution in [3.63, 3.8) is 0 Å². The van der Waals surface area contributed by atoms with Crippen LogP contribution in [0.25, 0.3) is 38.1 Å². The van der Waals surface area contributed by atoms with E-state index in [-0.39, 0.29) is 5.75 Å². The molecule has 5 rings (SSSR count). The second-order valence-corrected chi connectivity index (χ2v) is 5.12. The van der Waals surface area contributed by atoms with E-state index < -0.39 is 0 Å². The van der Waals surface area contributed by atoms with Gasteiger partial charge in [-0.1, -0.05) is 18.2 Å². The fourth-order valence-electron chi connectivity index (χ4n) is 3.28. The summed E-state index contributed by atoms with van der Waals surface area (Å²) in [6.07, 6.45) is 3.82. The number of aromatic nitrogens is 2. The Kier molecular flexibility index (Phi) is 1.60. The minimum atomic E-state index is 0.242. The van der Waals surface area contributed by atoms with Crippen molar-refractivity contribution in [3.05, 3.63) is 54.9 Å². The Labute approximate surface area is 114 Å². The summed E-state index contributed by atoms with van der Waals surface area (Å²) in [5.41, 5.74) is 2.97. The Bertz CT molecular complexity index is 1100. The van der Waals surface area contributed by atoms with E-state index in [9.17, 15) is 5.11 Å². The van der Waals surface area contributed by atoms with E-state index in [4.69, 9.17) is 0 Å². The molecule has 0 aliphatic heterocycles. The van der Waals surface area contributed by atoms with Gasteiger partial charge in [0, 0.05) is 28.6 Å². The predicted octanol–water partition coefficient (Wildman–Crippen LogP) is 3.94. The monoisotopic (exact) mass is 258 g/mol. The Hall–Kier alpha value is -2.81. The first-order chi connectivity index (χ1) is 9.84. The van der Waals surface area contributed by atoms with Gasteiger partial charge in [0.15, 0.2) is 0 Å². The van der Waals surface area contributed by atoms with Crippen LogP contribution in [0.2, 0.25) is 0 Å². The molecule has 0 atom stereocenters. The summed E-state index contributed by atoms with van der Waals surface area (Å²) in [5, 5.41) is 14.6. The van der Waals surface area contributed by atoms with Gasteiger partial charge < -0.3 is 9.51 Å². The number of hydrogen-bond donors (Lipinski definition) is 1. The fraction of sp³-hybridized carbons (Fsp3) is 0. The number of pyridine rings is 2. The maximum absolute atomic E-state index is 10.2. The highest BCUT2D eigenvalue weighted by atomic mass is 16.3. The third-order valence-corrected chi connectivity index (χ3v) is 4.09. The largest absolute Gasteiger partial charge is 0.506 e. The average molecular weight is 258 g/mol. The molecule has 0 unspecified atom stereocenters. The maximum Gasteiger partial charge on any atom is 0.142 e. The number of hydrogen-bond acceptors (Lipinski definition) is 2. The van der Waals surface area contributed by atoms with Gasteiger partial charge in [-0.05, 0) is 29.7 Å². The number of phenols is 1. The van der Waals surface area contributed by atoms with E-state index in [0.29, 0.717) is 5.52 Å². The number of rotatable bonds is 0. The number of phenolic OH excluding ortho intramolecular Hbond substituents is 1. The first kappa shape index (κ1) is 10.0. The molecule has 0 aliphatic carbocycles. The molecule has 3 heterocycles. The summed E-state index contributed by atoms with van der Waals surface area (Å²) in [5.74, 6) is 0.242. The lowest BCUT2D eigenvalue weighted by molar-refractivity contribution is 0.481. The Morgan fingerprint density at radius 3 is 2.85 bits per heavy atom. The van der Waals surface area contributed by atoms with Crippen LogP contribution in [-0.2, 0) is 0 Å². The molecule has 0 radical (unpaired) electrons. The molecular weight excluding hydrogens is 248 g/mol. The zero-order chi connectivity index (χ0) is 13.3. The van der Waals surface area contributed by atoms with Crippen molar-refractivity contribution in [2.24, 2.45) is 0 Å². The van der Waals surface area contributed by atoms with Crippen LogP contribution in [0.3, 0.4) is 0 Å². The number of benzene rings is 2. The first-order valence-electron chi connectivity index (χ1n) is 6.56. The Morgan fingerprint density at radius 1 is 1.00 bits per heavy atom. The van der Waals surface area contributed by atoms with E-state index in [2.05, 4.69) is 33.8 Å². The van der Waals surface area contributed by atoms with Crippen molar-refractivity contribution in [2.75, 3.05) is 0 Å². The van der Waals surface area contributed by atoms with E-state index in [1.807, 2.05) is 18.2 Å². The summed E-state index contributed by atoms with van der Waals surface area (Å²) in [6, 6.07) is 14.2. The average Bonchev–Trinajstić information content (AvgIpc) is 2.91. The number of nitrogens with zero attached hydrogens (tertiary/aromatic N) is 2. The molecule has 20 heavy (non-hydrogen) atoms. The van der Waals surface area contributed by atoms with Gasteiger partial charge in [-0.25, -0.2) is 0 Å². The molecule has 1 N–H and O–H groups in total. The molecule has 94 valence electrons. The van der Waals surface area contributed by atoms with Gasteiger partial charge in [-0.2, -0.15) is 0 Å². The van der Waals surface area contributed by atoms with Crippen LogP contribution in [0.1, 0.15) is 0 Å². The van der Waals surface area contributed by atoms with E-state index >= 15 is 0 Å². The molecule has 3 heteroatoms. The molecule has 3 aromatic heterocycles. The van der Waals surface area contributed by atoms with Crippen LogP contribution in [0, 0.1) is 0 Å². The van der Waals surface area contributed by atoms with Crippen LogP contribution in [-0.4, -0.2) is 14.5 Å². The van der Waals surface area contributed by atoms with Crippen molar-refractivity contribution in [1.82, 2.24) is 9.38 Å². The molecule has 0 spiro atoms. The van der Waals surface area contributed by atoms with Crippen molar-refractivity contribution >= 4 is 38.1 Å². The third-order valence-electron chi connectivity index (χ3n) is 4.09. The van der Waals surface area contributed by atoms with Gasteiger partial charge in [0.2, 0.25) is 0 Å². The Morgan fingerprint density at radius 2 is 1.90 bits per heavy atom. The van der Waals surface area contributed by atoms with E-state index in [0.717, 1.165) is 21.7 Å². The standard InChI is InChI=1S/C17H10N2O/c20-14-9-10-6-8-19-13-4-2-1-3-11(13)12-5-7-18-16(14)15(12)17(10)19/h1-9,20H. The van der Waals surface area contributed by atoms with Crippen molar-refractivity contribution < 1.29 is 5.11 Å². The molecule has 0 fully saturated rings. The van der Waals surface area contributed by atoms with Crippen molar-refractivity contribution in [2.45, 2.75) is 0 Å². The summed E-state index contributed by atoms with van der Waals surface area (Å²) in [6.45, 7) is 0. The summed E-state index contributed by atoms with van der Waals surface area (Å²) in [4.78, 5) is 4.36. The topological polar surface area (TPSA) is 37.5 Å². The lowest BCUT2D eigenvalue weighted by Crippen LogP contribution is -1.92. The highest BCUT2D eigenvalue weighted by Gasteiger charge is 2.16. The van der Waals surface area contributed by atoms with Crippen LogP contribution in [0.5, 0.6) is 5.75 Å². The molecular formula is C17H10N2O. The summed E-state index contributed by atoms with van der Waals surface area (Å²) >= 11 is 0. The molecule has 0 saturated carbocycles. The number of aromatic hydroxyl groups is 1. The summed E-state index contributed by atoms with van der Waals surface area (Å²) in [7, 11) is 0. The second kappa shape index (κ2) is 3.20. The Balaban J connectivity index is 2.32. The number of fused-ring (bicyclic) bond motifs is 3. The molecule has 3 nitrogen and oxygen atoms in total. The molecule has 5 aromatic rings. The molecule has 0 bridgehead atoms. The smallest absolute Gasteiger partial charge is 0.142 e. The lowest BCUT2D eigenvalue weighted by Gasteiger charge is -2.12. The van der Waals surface area contributed by atoms with Gasteiger partial charge >= 0.3 is 0 Å². The minimum Gasteiger partial charge on any atom is -0.506 e. The third kappa shape index (κ3) is 1.00. The van der Waals surface area contributed by atoms with Crippen LogP contribution in [0.4, 0.5) is 0 Å². The number of para-hydroxylation sites is 1. The predicted molar refractivity (Wildman–Crippen MR) is 80.6 cm³/mol. The lowest BCUT2D eigenvalue weighted by atomic mass is 10.0. The molecule has 0 saturated heterocycles. The zero-order valence-corrected chi connectivity index (χ0v) is 10.5. The normalized spacial score (nSPS) is 12.2. The first-order valence-corrected chi connectivity index (χ1v) is 6.56. The molecule has 0 amide bonds. The van der Waals surface area contributed by atoms with Gasteiger partial charge in [-0.15, -0.1) is 0 Å². The van der Waals surface area contributed by atoms with Gasteiger partial charge in [0.1, 0.15) is 11.3 Å². The van der Waals surface area contributed by atoms with Crippen LogP contribution < -0.4 is 0 Å². The van der Waals surface area contributed by atoms with Crippen LogP contribution in [0.15, 0.2) is 54.9 Å². The SMILES string of the molecule is Oc1cc2ccn3c4ccccc4c4ccnc1c4c23. The summed E-state index contributed by atoms with van der Waals surface area (Å²) < 4.78 is 2.18. The van der Waals surface area contributed by atoms with Gasteiger partial charge in [0.05, 0.1) is 11.0 Å². The van der Waals surface area contributed by atoms with Gasteiger partial charge in [-0.3, -0.25) is 4.98 Å². The fourth-order valence-corrected chi connectivity index (χ4v) is 3.28. The molecule has 2 aromatic carbocycles. The van der Waals surface area contributed by atoms with Gasteiger partial charge in [0.25, 0.3) is 0 Å².